The van der Waals surface area contributed by atoms with Crippen molar-refractivity contribution < 1.29 is 19.1 Å². The van der Waals surface area contributed by atoms with Crippen molar-refractivity contribution in [3.05, 3.63) is 11.6 Å². The van der Waals surface area contributed by atoms with Crippen LogP contribution >= 0.6 is 0 Å². The molecular formula is C15H18O4. The highest BCUT2D eigenvalue weighted by Gasteiger charge is 2.63. The average Bonchev–Trinajstić information content (AvgIpc) is 2.62. The van der Waals surface area contributed by atoms with Crippen molar-refractivity contribution in [2.45, 2.75) is 39.2 Å². The van der Waals surface area contributed by atoms with Crippen molar-refractivity contribution in [3.8, 4) is 0 Å². The molecule has 0 N–H and O–H groups in total. The minimum Gasteiger partial charge on any atom is -0.450 e. The third-order valence-electron chi connectivity index (χ3n) is 5.01. The molecule has 3 aliphatic carbocycles. The molecule has 0 unspecified atom stereocenters. The summed E-state index contributed by atoms with van der Waals surface area (Å²) in [6.45, 7) is 5.31. The van der Waals surface area contributed by atoms with Gasteiger partial charge in [-0.1, -0.05) is 18.6 Å². The zero-order chi connectivity index (χ0) is 13.9. The molecule has 0 aromatic rings. The number of ether oxygens (including phenoxy) is 1. The zero-order valence-corrected chi connectivity index (χ0v) is 11.4. The monoisotopic (exact) mass is 262 g/mol. The number of fused-ring (bicyclic) bond motifs is 1. The summed E-state index contributed by atoms with van der Waals surface area (Å²) in [7, 11) is 0. The summed E-state index contributed by atoms with van der Waals surface area (Å²) in [5.41, 5.74) is 0.107. The average molecular weight is 262 g/mol. The number of hydrogen-bond donors (Lipinski definition) is 0. The van der Waals surface area contributed by atoms with E-state index in [0.29, 0.717) is 12.8 Å². The van der Waals surface area contributed by atoms with Crippen LogP contribution < -0.4 is 0 Å². The third-order valence-corrected chi connectivity index (χ3v) is 5.01. The number of Topliss-reactive ketones (excluding diaryl/α,β-unsaturated/α-hetero) is 2. The number of rotatable bonds is 1. The second kappa shape index (κ2) is 3.78. The predicted molar refractivity (Wildman–Crippen MR) is 67.1 cm³/mol. The van der Waals surface area contributed by atoms with Gasteiger partial charge < -0.3 is 4.74 Å². The van der Waals surface area contributed by atoms with E-state index in [2.05, 4.69) is 0 Å². The smallest absolute Gasteiger partial charge is 0.309 e. The van der Waals surface area contributed by atoms with Crippen LogP contribution in [0.4, 0.5) is 0 Å². The van der Waals surface area contributed by atoms with Crippen molar-refractivity contribution >= 4 is 17.5 Å². The Morgan fingerprint density at radius 2 is 2.11 bits per heavy atom. The fraction of sp³-hybridized carbons (Fsp3) is 0.667. The SMILES string of the molecule is CC(=O)[C@@H]1C[C@@H]2C(C)=C[C@H]1C(=O)[C@@]21C[C@@H](C)C(=O)O1. The standard InChI is InChI=1S/C15H18O4/c1-7-4-11-10(9(3)16)5-12(7)15(13(11)17)6-8(2)14(18)19-15/h4,8,10-12H,5-6H2,1-3H3/t8-,10+,11-,12-,15-/m1/s1. The fourth-order valence-electron chi connectivity index (χ4n) is 4.02. The van der Waals surface area contributed by atoms with E-state index in [1.807, 2.05) is 13.0 Å². The molecule has 1 saturated heterocycles. The summed E-state index contributed by atoms with van der Waals surface area (Å²) in [4.78, 5) is 36.1. The van der Waals surface area contributed by atoms with Gasteiger partial charge in [0.15, 0.2) is 11.4 Å². The topological polar surface area (TPSA) is 60.4 Å². The summed E-state index contributed by atoms with van der Waals surface area (Å²) >= 11 is 0. The summed E-state index contributed by atoms with van der Waals surface area (Å²) < 4.78 is 5.51. The molecule has 5 atom stereocenters. The molecule has 0 aromatic heterocycles. The van der Waals surface area contributed by atoms with Gasteiger partial charge in [-0.25, -0.2) is 0 Å². The molecule has 4 nitrogen and oxygen atoms in total. The molecule has 1 heterocycles. The number of allylic oxidation sites excluding steroid dienone is 1. The van der Waals surface area contributed by atoms with Gasteiger partial charge in [0, 0.05) is 24.2 Å². The normalized spacial score (nSPS) is 44.5. The Morgan fingerprint density at radius 3 is 2.63 bits per heavy atom. The lowest BCUT2D eigenvalue weighted by molar-refractivity contribution is -0.171. The van der Waals surface area contributed by atoms with Crippen LogP contribution in [0, 0.1) is 23.7 Å². The van der Waals surface area contributed by atoms with E-state index >= 15 is 0 Å². The minimum absolute atomic E-state index is 0.0549. The number of hydrogen-bond acceptors (Lipinski definition) is 4. The van der Waals surface area contributed by atoms with Gasteiger partial charge in [-0.15, -0.1) is 0 Å². The van der Waals surface area contributed by atoms with Crippen LogP contribution in [0.3, 0.4) is 0 Å². The van der Waals surface area contributed by atoms with E-state index in [9.17, 15) is 14.4 Å². The van der Waals surface area contributed by atoms with Gasteiger partial charge in [0.25, 0.3) is 0 Å². The lowest BCUT2D eigenvalue weighted by Gasteiger charge is -2.48. The lowest BCUT2D eigenvalue weighted by Crippen LogP contribution is -2.59. The third kappa shape index (κ3) is 1.49. The van der Waals surface area contributed by atoms with Crippen LogP contribution in [0.15, 0.2) is 11.6 Å². The maximum Gasteiger partial charge on any atom is 0.309 e. The molecule has 102 valence electrons. The highest BCUT2D eigenvalue weighted by molar-refractivity contribution is 6.01. The molecule has 4 rings (SSSR count). The lowest BCUT2D eigenvalue weighted by atomic mass is 9.56. The second-order valence-electron chi connectivity index (χ2n) is 6.22. The number of carbonyl (C=O) groups is 3. The van der Waals surface area contributed by atoms with Crippen LogP contribution in [0.5, 0.6) is 0 Å². The molecular weight excluding hydrogens is 244 g/mol. The molecule has 2 bridgehead atoms. The summed E-state index contributed by atoms with van der Waals surface area (Å²) in [6.07, 6.45) is 3.00. The first-order valence-electron chi connectivity index (χ1n) is 6.82. The Balaban J connectivity index is 2.05. The van der Waals surface area contributed by atoms with Crippen molar-refractivity contribution in [1.29, 1.82) is 0 Å². The van der Waals surface area contributed by atoms with Gasteiger partial charge in [-0.2, -0.15) is 0 Å². The van der Waals surface area contributed by atoms with E-state index in [1.54, 1.807) is 6.92 Å². The minimum atomic E-state index is -0.980. The quantitative estimate of drug-likeness (QED) is 0.533. The molecule has 1 saturated carbocycles. The van der Waals surface area contributed by atoms with Gasteiger partial charge in [0.05, 0.1) is 5.92 Å². The van der Waals surface area contributed by atoms with E-state index in [4.69, 9.17) is 4.74 Å². The van der Waals surface area contributed by atoms with E-state index < -0.39 is 11.5 Å². The van der Waals surface area contributed by atoms with Crippen LogP contribution in [0.2, 0.25) is 0 Å². The molecule has 1 spiro atoms. The van der Waals surface area contributed by atoms with Gasteiger partial charge in [-0.3, -0.25) is 14.4 Å². The largest absolute Gasteiger partial charge is 0.450 e. The number of esters is 1. The molecule has 4 heteroatoms. The summed E-state index contributed by atoms with van der Waals surface area (Å²) in [6, 6.07) is 0. The predicted octanol–water partition coefficient (Wildman–Crippen LogP) is 1.68. The van der Waals surface area contributed by atoms with Gasteiger partial charge in [0.1, 0.15) is 5.78 Å². The van der Waals surface area contributed by atoms with Gasteiger partial charge in [0.2, 0.25) is 0 Å². The van der Waals surface area contributed by atoms with E-state index in [0.717, 1.165) is 5.57 Å². The summed E-state index contributed by atoms with van der Waals surface area (Å²) in [5, 5.41) is 0. The van der Waals surface area contributed by atoms with E-state index in [-0.39, 0.29) is 35.3 Å². The van der Waals surface area contributed by atoms with Gasteiger partial charge >= 0.3 is 5.97 Å². The summed E-state index contributed by atoms with van der Waals surface area (Å²) in [5.74, 6) is -1.28. The number of ketones is 2. The van der Waals surface area contributed by atoms with Gasteiger partial charge in [-0.05, 0) is 20.3 Å². The van der Waals surface area contributed by atoms with Crippen molar-refractivity contribution in [2.75, 3.05) is 0 Å². The van der Waals surface area contributed by atoms with Crippen molar-refractivity contribution in [3.63, 3.8) is 0 Å². The van der Waals surface area contributed by atoms with Crippen LogP contribution in [-0.2, 0) is 19.1 Å². The molecule has 1 aliphatic heterocycles. The fourth-order valence-corrected chi connectivity index (χ4v) is 4.02. The number of carbonyl (C=O) groups excluding carboxylic acids is 3. The second-order valence-corrected chi connectivity index (χ2v) is 6.22. The first kappa shape index (κ1) is 12.6. The zero-order valence-electron chi connectivity index (χ0n) is 11.4. The first-order valence-corrected chi connectivity index (χ1v) is 6.82. The van der Waals surface area contributed by atoms with Crippen molar-refractivity contribution in [1.82, 2.24) is 0 Å². The molecule has 0 radical (unpaired) electrons. The van der Waals surface area contributed by atoms with Crippen LogP contribution in [0.25, 0.3) is 0 Å². The maximum absolute atomic E-state index is 12.7. The molecule has 0 amide bonds. The molecule has 4 aliphatic rings. The van der Waals surface area contributed by atoms with Crippen molar-refractivity contribution in [2.24, 2.45) is 23.7 Å². The molecule has 0 aromatic carbocycles. The van der Waals surface area contributed by atoms with Crippen LogP contribution in [0.1, 0.15) is 33.6 Å². The Morgan fingerprint density at radius 1 is 1.42 bits per heavy atom. The Labute approximate surface area is 112 Å². The van der Waals surface area contributed by atoms with E-state index in [1.165, 1.54) is 6.92 Å². The Kier molecular flexibility index (Phi) is 2.50. The highest BCUT2D eigenvalue weighted by Crippen LogP contribution is 2.54. The van der Waals surface area contributed by atoms with Crippen LogP contribution in [-0.4, -0.2) is 23.1 Å². The Bertz CT molecular complexity index is 518. The first-order chi connectivity index (χ1) is 8.86. The maximum atomic E-state index is 12.7. The molecule has 19 heavy (non-hydrogen) atoms. The molecule has 2 fully saturated rings. The Hall–Kier alpha value is -1.45. The highest BCUT2D eigenvalue weighted by atomic mass is 16.6.